The van der Waals surface area contributed by atoms with Crippen molar-refractivity contribution in [3.05, 3.63) is 24.3 Å². The molecule has 3 aliphatic heterocycles. The molecular formula is C15H18N4O3. The Kier molecular flexibility index (Phi) is 3.11. The van der Waals surface area contributed by atoms with Gasteiger partial charge in [0, 0.05) is 44.5 Å². The first-order valence-corrected chi connectivity index (χ1v) is 7.69. The Balaban J connectivity index is 1.45. The maximum Gasteiger partial charge on any atom is 0.227 e. The van der Waals surface area contributed by atoms with E-state index in [-0.39, 0.29) is 17.9 Å². The Labute approximate surface area is 128 Å². The molecule has 0 bridgehead atoms. The summed E-state index contributed by atoms with van der Waals surface area (Å²) in [6, 6.07) is -0.128. The van der Waals surface area contributed by atoms with Crippen LogP contribution < -0.4 is 0 Å². The van der Waals surface area contributed by atoms with Crippen molar-refractivity contribution >= 4 is 11.8 Å². The molecule has 2 amide bonds. The quantitative estimate of drug-likeness (QED) is 0.784. The molecule has 0 radical (unpaired) electrons. The van der Waals surface area contributed by atoms with Gasteiger partial charge in [-0.15, -0.1) is 0 Å². The van der Waals surface area contributed by atoms with Crippen molar-refractivity contribution in [2.45, 2.75) is 37.5 Å². The van der Waals surface area contributed by atoms with Crippen LogP contribution in [0.4, 0.5) is 0 Å². The molecule has 0 N–H and O–H groups in total. The average molecular weight is 302 g/mol. The van der Waals surface area contributed by atoms with Gasteiger partial charge in [0.1, 0.15) is 0 Å². The molecule has 1 aromatic rings. The van der Waals surface area contributed by atoms with Crippen LogP contribution in [0.1, 0.15) is 25.0 Å². The fourth-order valence-electron chi connectivity index (χ4n) is 3.93. The molecule has 4 heterocycles. The third-order valence-electron chi connectivity index (χ3n) is 4.93. The van der Waals surface area contributed by atoms with Gasteiger partial charge in [-0.05, 0) is 6.42 Å². The van der Waals surface area contributed by atoms with Gasteiger partial charge in [-0.3, -0.25) is 19.6 Å². The van der Waals surface area contributed by atoms with Crippen molar-refractivity contribution in [1.29, 1.82) is 0 Å². The number of hydrogen-bond acceptors (Lipinski definition) is 5. The molecule has 116 valence electrons. The topological polar surface area (TPSA) is 75.6 Å². The van der Waals surface area contributed by atoms with Crippen LogP contribution >= 0.6 is 0 Å². The van der Waals surface area contributed by atoms with Crippen LogP contribution in [-0.4, -0.2) is 63.0 Å². The molecule has 7 heteroatoms. The van der Waals surface area contributed by atoms with Crippen molar-refractivity contribution in [2.75, 3.05) is 19.7 Å². The highest BCUT2D eigenvalue weighted by Crippen LogP contribution is 2.45. The van der Waals surface area contributed by atoms with Gasteiger partial charge in [-0.25, -0.2) is 0 Å². The van der Waals surface area contributed by atoms with E-state index in [2.05, 4.69) is 9.97 Å². The van der Waals surface area contributed by atoms with Crippen molar-refractivity contribution in [3.63, 3.8) is 0 Å². The van der Waals surface area contributed by atoms with E-state index in [4.69, 9.17) is 4.74 Å². The fourth-order valence-corrected chi connectivity index (χ4v) is 3.93. The maximum atomic E-state index is 12.5. The van der Waals surface area contributed by atoms with E-state index in [9.17, 15) is 9.59 Å². The minimum Gasteiger partial charge on any atom is -0.351 e. The standard InChI is InChI=1S/C15H18N4O3/c20-13(2-1-11-10-16-4-5-17-11)18-6-3-15-12(18)9-14(21)19(15)7-8-22-15/h4-5,10,12H,1-3,6-9H2/t12-,15+/m1/s1. The minimum absolute atomic E-state index is 0.0673. The number of carbonyl (C=O) groups is 2. The number of likely N-dealkylation sites (tertiary alicyclic amines) is 1. The van der Waals surface area contributed by atoms with E-state index in [0.717, 1.165) is 12.1 Å². The Morgan fingerprint density at radius 1 is 1.41 bits per heavy atom. The summed E-state index contributed by atoms with van der Waals surface area (Å²) < 4.78 is 5.89. The lowest BCUT2D eigenvalue weighted by Gasteiger charge is -2.31. The first kappa shape index (κ1) is 13.6. The van der Waals surface area contributed by atoms with Crippen molar-refractivity contribution in [1.82, 2.24) is 19.8 Å². The second kappa shape index (κ2) is 5.01. The van der Waals surface area contributed by atoms with Crippen molar-refractivity contribution in [2.24, 2.45) is 0 Å². The number of carbonyl (C=O) groups excluding carboxylic acids is 2. The summed E-state index contributed by atoms with van der Waals surface area (Å²) >= 11 is 0. The van der Waals surface area contributed by atoms with Crippen LogP contribution in [0.3, 0.4) is 0 Å². The summed E-state index contributed by atoms with van der Waals surface area (Å²) in [4.78, 5) is 36.5. The molecule has 0 aromatic carbocycles. The van der Waals surface area contributed by atoms with Gasteiger partial charge in [-0.2, -0.15) is 0 Å². The van der Waals surface area contributed by atoms with Crippen LogP contribution in [0.15, 0.2) is 18.6 Å². The minimum atomic E-state index is -0.542. The highest BCUT2D eigenvalue weighted by Gasteiger charge is 2.62. The number of aryl methyl sites for hydroxylation is 1. The average Bonchev–Trinajstić information content (AvgIpc) is 3.17. The molecule has 0 aliphatic carbocycles. The number of hydrogen-bond donors (Lipinski definition) is 0. The monoisotopic (exact) mass is 302 g/mol. The first-order chi connectivity index (χ1) is 10.7. The van der Waals surface area contributed by atoms with Gasteiger partial charge >= 0.3 is 0 Å². The van der Waals surface area contributed by atoms with Crippen LogP contribution in [0, 0.1) is 0 Å². The summed E-state index contributed by atoms with van der Waals surface area (Å²) in [7, 11) is 0. The Bertz CT molecular complexity index is 608. The molecule has 7 nitrogen and oxygen atoms in total. The highest BCUT2D eigenvalue weighted by atomic mass is 16.5. The summed E-state index contributed by atoms with van der Waals surface area (Å²) in [6.45, 7) is 1.88. The smallest absolute Gasteiger partial charge is 0.227 e. The van der Waals surface area contributed by atoms with E-state index in [1.807, 2.05) is 9.80 Å². The highest BCUT2D eigenvalue weighted by molar-refractivity contribution is 5.84. The fraction of sp³-hybridized carbons (Fsp3) is 0.600. The third kappa shape index (κ3) is 1.92. The summed E-state index contributed by atoms with van der Waals surface area (Å²) in [5.41, 5.74) is 0.269. The molecule has 2 atom stereocenters. The van der Waals surface area contributed by atoms with E-state index >= 15 is 0 Å². The van der Waals surface area contributed by atoms with E-state index in [1.54, 1.807) is 18.6 Å². The predicted octanol–water partition coefficient (Wildman–Crippen LogP) is -0.0311. The lowest BCUT2D eigenvalue weighted by atomic mass is 10.1. The van der Waals surface area contributed by atoms with Crippen molar-refractivity contribution < 1.29 is 14.3 Å². The van der Waals surface area contributed by atoms with Gasteiger partial charge in [0.2, 0.25) is 11.8 Å². The molecule has 22 heavy (non-hydrogen) atoms. The SMILES string of the molecule is O=C(CCc1cnccn1)N1CC[C@@]23OCCN2C(=O)C[C@@H]13. The number of nitrogens with zero attached hydrogens (tertiary/aromatic N) is 4. The Morgan fingerprint density at radius 2 is 2.32 bits per heavy atom. The molecule has 1 spiro atoms. The molecule has 3 fully saturated rings. The number of aromatic nitrogens is 2. The second-order valence-corrected chi connectivity index (χ2v) is 5.99. The van der Waals surface area contributed by atoms with Gasteiger partial charge in [0.25, 0.3) is 0 Å². The summed E-state index contributed by atoms with van der Waals surface area (Å²) in [6.07, 6.45) is 6.99. The normalized spacial score (nSPS) is 29.8. The van der Waals surface area contributed by atoms with Crippen LogP contribution in [0.2, 0.25) is 0 Å². The van der Waals surface area contributed by atoms with Gasteiger partial charge in [0.05, 0.1) is 24.8 Å². The number of ether oxygens (including phenoxy) is 1. The van der Waals surface area contributed by atoms with Crippen LogP contribution in [0.5, 0.6) is 0 Å². The first-order valence-electron chi connectivity index (χ1n) is 7.69. The molecule has 0 saturated carbocycles. The summed E-state index contributed by atoms with van der Waals surface area (Å²) in [5, 5.41) is 0. The predicted molar refractivity (Wildman–Crippen MR) is 75.5 cm³/mol. The Morgan fingerprint density at radius 3 is 3.14 bits per heavy atom. The molecular weight excluding hydrogens is 284 g/mol. The number of rotatable bonds is 3. The maximum absolute atomic E-state index is 12.5. The van der Waals surface area contributed by atoms with Gasteiger partial charge < -0.3 is 14.5 Å². The molecule has 0 unspecified atom stereocenters. The van der Waals surface area contributed by atoms with E-state index < -0.39 is 5.72 Å². The zero-order valence-electron chi connectivity index (χ0n) is 12.3. The second-order valence-electron chi connectivity index (χ2n) is 5.99. The molecule has 3 aliphatic rings. The molecule has 3 saturated heterocycles. The van der Waals surface area contributed by atoms with E-state index in [1.165, 1.54) is 0 Å². The molecule has 1 aromatic heterocycles. The molecule has 4 rings (SSSR count). The number of amides is 2. The van der Waals surface area contributed by atoms with E-state index in [0.29, 0.717) is 39.0 Å². The van der Waals surface area contributed by atoms with Crippen LogP contribution in [-0.2, 0) is 20.7 Å². The zero-order valence-corrected chi connectivity index (χ0v) is 12.3. The Hall–Kier alpha value is -2.02. The largest absolute Gasteiger partial charge is 0.351 e. The zero-order chi connectivity index (χ0) is 15.2. The van der Waals surface area contributed by atoms with Crippen molar-refractivity contribution in [3.8, 4) is 0 Å². The lowest BCUT2D eigenvalue weighted by molar-refractivity contribution is -0.139. The van der Waals surface area contributed by atoms with Gasteiger partial charge in [-0.1, -0.05) is 0 Å². The van der Waals surface area contributed by atoms with Gasteiger partial charge in [0.15, 0.2) is 5.72 Å². The third-order valence-corrected chi connectivity index (χ3v) is 4.93. The summed E-state index contributed by atoms with van der Waals surface area (Å²) in [5.74, 6) is 0.173. The lowest BCUT2D eigenvalue weighted by Crippen LogP contribution is -2.48. The van der Waals surface area contributed by atoms with Crippen LogP contribution in [0.25, 0.3) is 0 Å².